The van der Waals surface area contributed by atoms with Crippen molar-refractivity contribution in [1.82, 2.24) is 0 Å². The number of allylic oxidation sites excluding steroid dienone is 8. The van der Waals surface area contributed by atoms with E-state index in [1.165, 1.54) is 116 Å². The van der Waals surface area contributed by atoms with Crippen molar-refractivity contribution in [2.45, 2.75) is 258 Å². The predicted octanol–water partition coefficient (Wildman–Crippen LogP) is 16.3. The molecule has 6 nitrogen and oxygen atoms in total. The molecule has 1 unspecified atom stereocenters. The van der Waals surface area contributed by atoms with Crippen molar-refractivity contribution in [3.63, 3.8) is 0 Å². The minimum Gasteiger partial charge on any atom is -0.462 e. The third-order valence-electron chi connectivity index (χ3n) is 10.8. The highest BCUT2D eigenvalue weighted by atomic mass is 16.6. The van der Waals surface area contributed by atoms with E-state index in [2.05, 4.69) is 69.4 Å². The summed E-state index contributed by atoms with van der Waals surface area (Å²) in [5.41, 5.74) is 0. The Labute approximate surface area is 365 Å². The summed E-state index contributed by atoms with van der Waals surface area (Å²) in [5, 5.41) is 0. The summed E-state index contributed by atoms with van der Waals surface area (Å²) < 4.78 is 16.6. The van der Waals surface area contributed by atoms with Crippen molar-refractivity contribution < 1.29 is 28.6 Å². The molecule has 0 aliphatic rings. The smallest absolute Gasteiger partial charge is 0.306 e. The van der Waals surface area contributed by atoms with Gasteiger partial charge in [0.25, 0.3) is 0 Å². The van der Waals surface area contributed by atoms with E-state index in [4.69, 9.17) is 14.2 Å². The second kappa shape index (κ2) is 48.0. The molecule has 0 aliphatic carbocycles. The third kappa shape index (κ3) is 46.3. The van der Waals surface area contributed by atoms with E-state index in [1.54, 1.807) is 0 Å². The van der Waals surface area contributed by atoms with Crippen LogP contribution in [0.3, 0.4) is 0 Å². The van der Waals surface area contributed by atoms with Gasteiger partial charge in [-0.3, -0.25) is 14.4 Å². The summed E-state index contributed by atoms with van der Waals surface area (Å²) in [6.45, 7) is 6.51. The first-order chi connectivity index (χ1) is 29.0. The average molecular weight is 827 g/mol. The normalized spacial score (nSPS) is 12.4. The SMILES string of the molecule is CCCCC/C=C\C/C=C\CCCCCCCC(=O)OC(COC(=O)CCCCCCC)COC(=O)CCCCCCCCCCC/C=C\C/C=C\CCCCCCC. The summed E-state index contributed by atoms with van der Waals surface area (Å²) in [7, 11) is 0. The lowest BCUT2D eigenvalue weighted by Gasteiger charge is -2.18. The Kier molecular flexibility index (Phi) is 45.9. The van der Waals surface area contributed by atoms with Gasteiger partial charge < -0.3 is 14.2 Å². The minimum absolute atomic E-state index is 0.0807. The fraction of sp³-hybridized carbons (Fsp3) is 0.792. The number of unbranched alkanes of at least 4 members (excludes halogenated alkanes) is 26. The summed E-state index contributed by atoms with van der Waals surface area (Å²) in [6, 6.07) is 0. The maximum Gasteiger partial charge on any atom is 0.306 e. The maximum atomic E-state index is 12.7. The van der Waals surface area contributed by atoms with Gasteiger partial charge in [0.1, 0.15) is 13.2 Å². The van der Waals surface area contributed by atoms with Crippen molar-refractivity contribution in [1.29, 1.82) is 0 Å². The number of hydrogen-bond acceptors (Lipinski definition) is 6. The molecule has 0 rings (SSSR count). The molecule has 1 atom stereocenters. The van der Waals surface area contributed by atoms with Crippen LogP contribution in [-0.2, 0) is 28.6 Å². The van der Waals surface area contributed by atoms with E-state index in [-0.39, 0.29) is 31.1 Å². The topological polar surface area (TPSA) is 78.9 Å². The van der Waals surface area contributed by atoms with Crippen LogP contribution in [0.1, 0.15) is 252 Å². The number of ether oxygens (including phenoxy) is 3. The Morgan fingerprint density at radius 3 is 0.966 bits per heavy atom. The zero-order valence-corrected chi connectivity index (χ0v) is 39.0. The van der Waals surface area contributed by atoms with Crippen LogP contribution in [0.5, 0.6) is 0 Å². The number of esters is 3. The van der Waals surface area contributed by atoms with Crippen LogP contribution in [0.4, 0.5) is 0 Å². The lowest BCUT2D eigenvalue weighted by molar-refractivity contribution is -0.167. The first-order valence-electron chi connectivity index (χ1n) is 25.1. The van der Waals surface area contributed by atoms with Gasteiger partial charge in [0, 0.05) is 19.3 Å². The molecule has 0 bridgehead atoms. The highest BCUT2D eigenvalue weighted by molar-refractivity contribution is 5.71. The number of carbonyl (C=O) groups is 3. The summed E-state index contributed by atoms with van der Waals surface area (Å²) >= 11 is 0. The molecular weight excluding hydrogens is 733 g/mol. The Balaban J connectivity index is 4.17. The average Bonchev–Trinajstić information content (AvgIpc) is 3.23. The van der Waals surface area contributed by atoms with Gasteiger partial charge >= 0.3 is 17.9 Å². The molecule has 0 spiro atoms. The molecule has 0 aromatic heterocycles. The molecule has 0 saturated carbocycles. The standard InChI is InChI=1S/C53H94O6/c1-4-7-10-13-15-17-19-21-23-24-25-26-27-28-30-31-33-35-37-40-43-46-52(55)58-49-50(48-57-51(54)45-42-39-12-9-6-3)59-53(56)47-44-41-38-36-34-32-29-22-20-18-16-14-11-8-5-2/h16,18-19,21-22,24-25,29,50H,4-15,17,20,23,26-28,30-49H2,1-3H3/b18-16-,21-19-,25-24-,29-22-. The third-order valence-corrected chi connectivity index (χ3v) is 10.8. The quantitative estimate of drug-likeness (QED) is 0.0263. The monoisotopic (exact) mass is 827 g/mol. The van der Waals surface area contributed by atoms with Crippen LogP contribution in [0, 0.1) is 0 Å². The number of rotatable bonds is 45. The molecule has 0 radical (unpaired) electrons. The fourth-order valence-electron chi connectivity index (χ4n) is 6.97. The zero-order chi connectivity index (χ0) is 43.0. The maximum absolute atomic E-state index is 12.7. The second-order valence-electron chi connectivity index (χ2n) is 16.7. The Morgan fingerprint density at radius 2 is 0.610 bits per heavy atom. The van der Waals surface area contributed by atoms with Crippen LogP contribution >= 0.6 is 0 Å². The Bertz CT molecular complexity index is 1040. The first kappa shape index (κ1) is 56.4. The van der Waals surface area contributed by atoms with E-state index in [1.807, 2.05) is 0 Å². The first-order valence-corrected chi connectivity index (χ1v) is 25.1. The predicted molar refractivity (Wildman–Crippen MR) is 252 cm³/mol. The van der Waals surface area contributed by atoms with Crippen LogP contribution in [0.2, 0.25) is 0 Å². The lowest BCUT2D eigenvalue weighted by Crippen LogP contribution is -2.30. The van der Waals surface area contributed by atoms with Crippen molar-refractivity contribution in [3.8, 4) is 0 Å². The highest BCUT2D eigenvalue weighted by Gasteiger charge is 2.19. The fourth-order valence-corrected chi connectivity index (χ4v) is 6.97. The lowest BCUT2D eigenvalue weighted by atomic mass is 10.1. The van der Waals surface area contributed by atoms with Crippen LogP contribution in [0.25, 0.3) is 0 Å². The molecule has 0 aromatic rings. The van der Waals surface area contributed by atoms with Crippen LogP contribution in [0.15, 0.2) is 48.6 Å². The minimum atomic E-state index is -0.777. The van der Waals surface area contributed by atoms with E-state index < -0.39 is 6.10 Å². The molecule has 6 heteroatoms. The van der Waals surface area contributed by atoms with Crippen molar-refractivity contribution in [3.05, 3.63) is 48.6 Å². The van der Waals surface area contributed by atoms with Gasteiger partial charge in [-0.1, -0.05) is 198 Å². The van der Waals surface area contributed by atoms with Crippen LogP contribution < -0.4 is 0 Å². The Hall–Kier alpha value is -2.63. The van der Waals surface area contributed by atoms with Gasteiger partial charge in [0.15, 0.2) is 6.10 Å². The van der Waals surface area contributed by atoms with Crippen molar-refractivity contribution in [2.24, 2.45) is 0 Å². The van der Waals surface area contributed by atoms with E-state index in [0.717, 1.165) is 96.3 Å². The molecule has 342 valence electrons. The zero-order valence-electron chi connectivity index (χ0n) is 39.0. The molecule has 0 heterocycles. The largest absolute Gasteiger partial charge is 0.462 e. The summed E-state index contributed by atoms with van der Waals surface area (Å²) in [6.07, 6.45) is 57.0. The van der Waals surface area contributed by atoms with Gasteiger partial charge in [-0.05, 0) is 83.5 Å². The second-order valence-corrected chi connectivity index (χ2v) is 16.7. The molecule has 0 aromatic carbocycles. The van der Waals surface area contributed by atoms with Gasteiger partial charge in [0.05, 0.1) is 0 Å². The highest BCUT2D eigenvalue weighted by Crippen LogP contribution is 2.14. The van der Waals surface area contributed by atoms with Crippen molar-refractivity contribution >= 4 is 17.9 Å². The molecule has 0 N–H and O–H groups in total. The van der Waals surface area contributed by atoms with E-state index in [0.29, 0.717) is 19.3 Å². The van der Waals surface area contributed by atoms with E-state index in [9.17, 15) is 14.4 Å². The molecule has 0 fully saturated rings. The molecule has 0 aliphatic heterocycles. The van der Waals surface area contributed by atoms with Gasteiger partial charge in [-0.15, -0.1) is 0 Å². The van der Waals surface area contributed by atoms with Gasteiger partial charge in [-0.2, -0.15) is 0 Å². The van der Waals surface area contributed by atoms with Crippen LogP contribution in [-0.4, -0.2) is 37.2 Å². The summed E-state index contributed by atoms with van der Waals surface area (Å²) in [4.78, 5) is 37.6. The Morgan fingerprint density at radius 1 is 0.339 bits per heavy atom. The molecular formula is C53H94O6. The molecule has 0 amide bonds. The van der Waals surface area contributed by atoms with Gasteiger partial charge in [0.2, 0.25) is 0 Å². The van der Waals surface area contributed by atoms with Gasteiger partial charge in [-0.25, -0.2) is 0 Å². The molecule has 59 heavy (non-hydrogen) atoms. The molecule has 0 saturated heterocycles. The van der Waals surface area contributed by atoms with Crippen molar-refractivity contribution in [2.75, 3.05) is 13.2 Å². The number of carbonyl (C=O) groups excluding carboxylic acids is 3. The number of hydrogen-bond donors (Lipinski definition) is 0. The van der Waals surface area contributed by atoms with E-state index >= 15 is 0 Å². The summed E-state index contributed by atoms with van der Waals surface area (Å²) in [5.74, 6) is -0.909.